The lowest BCUT2D eigenvalue weighted by Crippen LogP contribution is -2.34. The molecule has 0 radical (unpaired) electrons. The lowest BCUT2D eigenvalue weighted by atomic mass is 10.1. The molecule has 1 aromatic heterocycles. The molecule has 0 saturated heterocycles. The fourth-order valence-electron chi connectivity index (χ4n) is 2.47. The maximum Gasteiger partial charge on any atom is 0.241 e. The van der Waals surface area contributed by atoms with Crippen molar-refractivity contribution in [2.24, 2.45) is 0 Å². The van der Waals surface area contributed by atoms with Crippen LogP contribution in [-0.2, 0) is 22.9 Å². The minimum absolute atomic E-state index is 0.0509. The first-order chi connectivity index (χ1) is 10.8. The van der Waals surface area contributed by atoms with E-state index in [1.54, 1.807) is 32.0 Å². The van der Waals surface area contributed by atoms with Crippen LogP contribution in [0.5, 0.6) is 0 Å². The van der Waals surface area contributed by atoms with Gasteiger partial charge in [-0.25, -0.2) is 13.1 Å². The quantitative estimate of drug-likeness (QED) is 0.875. The zero-order chi connectivity index (χ0) is 17.0. The van der Waals surface area contributed by atoms with Crippen molar-refractivity contribution >= 4 is 10.0 Å². The van der Waals surface area contributed by atoms with Gasteiger partial charge in [-0.15, -0.1) is 0 Å². The van der Waals surface area contributed by atoms with E-state index in [1.165, 1.54) is 6.07 Å². The molecule has 122 valence electrons. The highest BCUT2D eigenvalue weighted by atomic mass is 32.2. The molecule has 1 atom stereocenters. The van der Waals surface area contributed by atoms with Crippen LogP contribution in [0, 0.1) is 25.2 Å². The SMILES string of the molecule is Cc1noc(C)c1CC(C)NS(=O)(=O)c1ccccc1CC#N. The van der Waals surface area contributed by atoms with Gasteiger partial charge < -0.3 is 4.52 Å². The molecule has 1 aromatic carbocycles. The van der Waals surface area contributed by atoms with Crippen LogP contribution >= 0.6 is 0 Å². The molecule has 0 bridgehead atoms. The second kappa shape index (κ2) is 6.94. The summed E-state index contributed by atoms with van der Waals surface area (Å²) in [4.78, 5) is 0.146. The molecule has 2 rings (SSSR count). The predicted octanol–water partition coefficient (Wildman–Crippen LogP) is 2.27. The van der Waals surface area contributed by atoms with E-state index in [0.717, 1.165) is 11.3 Å². The lowest BCUT2D eigenvalue weighted by molar-refractivity contribution is 0.392. The van der Waals surface area contributed by atoms with E-state index in [0.29, 0.717) is 17.7 Å². The minimum Gasteiger partial charge on any atom is -0.361 e. The smallest absolute Gasteiger partial charge is 0.241 e. The lowest BCUT2D eigenvalue weighted by Gasteiger charge is -2.15. The maximum absolute atomic E-state index is 12.6. The Morgan fingerprint density at radius 3 is 2.65 bits per heavy atom. The Morgan fingerprint density at radius 2 is 2.04 bits per heavy atom. The number of nitriles is 1. The van der Waals surface area contributed by atoms with E-state index < -0.39 is 10.0 Å². The number of nitrogens with zero attached hydrogens (tertiary/aromatic N) is 2. The van der Waals surface area contributed by atoms with Crippen molar-refractivity contribution in [2.75, 3.05) is 0 Å². The average molecular weight is 333 g/mol. The van der Waals surface area contributed by atoms with Crippen molar-refractivity contribution in [3.05, 3.63) is 46.8 Å². The Bertz CT molecular complexity index is 815. The average Bonchev–Trinajstić information content (AvgIpc) is 2.79. The van der Waals surface area contributed by atoms with Crippen molar-refractivity contribution in [1.82, 2.24) is 9.88 Å². The molecule has 7 heteroatoms. The highest BCUT2D eigenvalue weighted by Gasteiger charge is 2.22. The molecule has 0 aliphatic rings. The van der Waals surface area contributed by atoms with Gasteiger partial charge in [0.05, 0.1) is 23.1 Å². The summed E-state index contributed by atoms with van der Waals surface area (Å²) in [5.41, 5.74) is 2.16. The van der Waals surface area contributed by atoms with E-state index in [9.17, 15) is 8.42 Å². The molecular weight excluding hydrogens is 314 g/mol. The molecule has 0 fully saturated rings. The number of aryl methyl sites for hydroxylation is 2. The monoisotopic (exact) mass is 333 g/mol. The van der Waals surface area contributed by atoms with Crippen LogP contribution in [0.3, 0.4) is 0 Å². The normalized spacial score (nSPS) is 12.8. The minimum atomic E-state index is -3.69. The first-order valence-corrected chi connectivity index (χ1v) is 8.72. The zero-order valence-electron chi connectivity index (χ0n) is 13.3. The van der Waals surface area contributed by atoms with E-state index >= 15 is 0 Å². The largest absolute Gasteiger partial charge is 0.361 e. The van der Waals surface area contributed by atoms with E-state index in [4.69, 9.17) is 9.78 Å². The second-order valence-electron chi connectivity index (χ2n) is 5.47. The van der Waals surface area contributed by atoms with Crippen LogP contribution in [0.2, 0.25) is 0 Å². The number of benzene rings is 1. The van der Waals surface area contributed by atoms with Gasteiger partial charge in [0, 0.05) is 11.6 Å². The Hall–Kier alpha value is -2.17. The van der Waals surface area contributed by atoms with Crippen molar-refractivity contribution < 1.29 is 12.9 Å². The molecule has 0 aliphatic carbocycles. The number of nitrogens with one attached hydrogen (secondary N) is 1. The number of hydrogen-bond donors (Lipinski definition) is 1. The first-order valence-electron chi connectivity index (χ1n) is 7.24. The zero-order valence-corrected chi connectivity index (χ0v) is 14.1. The summed E-state index contributed by atoms with van der Waals surface area (Å²) < 4.78 is 32.9. The number of hydrogen-bond acceptors (Lipinski definition) is 5. The van der Waals surface area contributed by atoms with Crippen LogP contribution in [0.15, 0.2) is 33.7 Å². The third kappa shape index (κ3) is 3.97. The van der Waals surface area contributed by atoms with E-state index in [-0.39, 0.29) is 17.4 Å². The van der Waals surface area contributed by atoms with Gasteiger partial charge in [0.25, 0.3) is 0 Å². The summed E-state index contributed by atoms with van der Waals surface area (Å²) in [6.45, 7) is 5.42. The van der Waals surface area contributed by atoms with Gasteiger partial charge in [-0.1, -0.05) is 23.4 Å². The fraction of sp³-hybridized carbons (Fsp3) is 0.375. The van der Waals surface area contributed by atoms with Gasteiger partial charge in [0.2, 0.25) is 10.0 Å². The van der Waals surface area contributed by atoms with Crippen molar-refractivity contribution in [1.29, 1.82) is 5.26 Å². The highest BCUT2D eigenvalue weighted by molar-refractivity contribution is 7.89. The number of sulfonamides is 1. The molecule has 2 aromatic rings. The summed E-state index contributed by atoms with van der Waals surface area (Å²) >= 11 is 0. The molecule has 1 unspecified atom stereocenters. The molecule has 0 saturated carbocycles. The molecular formula is C16H19N3O3S. The van der Waals surface area contributed by atoms with Gasteiger partial charge in [0.1, 0.15) is 5.76 Å². The first kappa shape index (κ1) is 17.2. The van der Waals surface area contributed by atoms with Crippen molar-refractivity contribution in [3.63, 3.8) is 0 Å². The van der Waals surface area contributed by atoms with Crippen LogP contribution in [0.25, 0.3) is 0 Å². The van der Waals surface area contributed by atoms with Gasteiger partial charge >= 0.3 is 0 Å². The molecule has 0 amide bonds. The van der Waals surface area contributed by atoms with Crippen LogP contribution in [-0.4, -0.2) is 19.6 Å². The second-order valence-corrected chi connectivity index (χ2v) is 7.15. The topological polar surface area (TPSA) is 96.0 Å². The van der Waals surface area contributed by atoms with Crippen molar-refractivity contribution in [2.45, 2.75) is 44.6 Å². The van der Waals surface area contributed by atoms with E-state index in [1.807, 2.05) is 13.0 Å². The molecule has 0 spiro atoms. The number of rotatable bonds is 6. The molecule has 0 aliphatic heterocycles. The summed E-state index contributed by atoms with van der Waals surface area (Å²) in [5, 5.41) is 12.7. The van der Waals surface area contributed by atoms with Crippen molar-refractivity contribution in [3.8, 4) is 6.07 Å². The third-order valence-corrected chi connectivity index (χ3v) is 5.27. The number of aromatic nitrogens is 1. The summed E-state index contributed by atoms with van der Waals surface area (Å²) in [5.74, 6) is 0.693. The molecule has 6 nitrogen and oxygen atoms in total. The Balaban J connectivity index is 2.20. The fourth-order valence-corrected chi connectivity index (χ4v) is 3.95. The summed E-state index contributed by atoms with van der Waals surface area (Å²) in [6, 6.07) is 8.19. The Kier molecular flexibility index (Phi) is 5.19. The van der Waals surface area contributed by atoms with E-state index in [2.05, 4.69) is 9.88 Å². The highest BCUT2D eigenvalue weighted by Crippen LogP contribution is 2.18. The summed E-state index contributed by atoms with van der Waals surface area (Å²) in [7, 11) is -3.69. The van der Waals surface area contributed by atoms with Crippen LogP contribution < -0.4 is 4.72 Å². The van der Waals surface area contributed by atoms with Crippen LogP contribution in [0.1, 0.15) is 29.5 Å². The van der Waals surface area contributed by atoms with Gasteiger partial charge in [-0.3, -0.25) is 0 Å². The van der Waals surface area contributed by atoms with Gasteiger partial charge in [-0.05, 0) is 38.8 Å². The van der Waals surface area contributed by atoms with Gasteiger partial charge in [0.15, 0.2) is 0 Å². The van der Waals surface area contributed by atoms with Gasteiger partial charge in [-0.2, -0.15) is 5.26 Å². The molecule has 23 heavy (non-hydrogen) atoms. The molecule has 1 N–H and O–H groups in total. The Morgan fingerprint density at radius 1 is 1.35 bits per heavy atom. The maximum atomic E-state index is 12.6. The standard InChI is InChI=1S/C16H19N3O3S/c1-11(10-15-12(2)18-22-13(15)3)19-23(20,21)16-7-5-4-6-14(16)8-9-17/h4-7,11,19H,8,10H2,1-3H3. The van der Waals surface area contributed by atoms with Crippen LogP contribution in [0.4, 0.5) is 0 Å². The summed E-state index contributed by atoms with van der Waals surface area (Å²) in [6.07, 6.45) is 0.538. The predicted molar refractivity (Wildman–Crippen MR) is 85.2 cm³/mol. The third-order valence-electron chi connectivity index (χ3n) is 3.58. The Labute approximate surface area is 136 Å². The molecule has 1 heterocycles.